The van der Waals surface area contributed by atoms with Crippen LogP contribution in [0, 0.1) is 0 Å². The van der Waals surface area contributed by atoms with E-state index in [2.05, 4.69) is 124 Å². The van der Waals surface area contributed by atoms with Crippen molar-refractivity contribution < 1.29 is 0 Å². The molecular formula is C28H29NSi. The van der Waals surface area contributed by atoms with Crippen molar-refractivity contribution in [3.05, 3.63) is 107 Å². The molecule has 30 heavy (non-hydrogen) atoms. The lowest BCUT2D eigenvalue weighted by Gasteiger charge is -2.36. The fourth-order valence-electron chi connectivity index (χ4n) is 5.66. The lowest BCUT2D eigenvalue weighted by Crippen LogP contribution is -2.48. The summed E-state index contributed by atoms with van der Waals surface area (Å²) in [6.45, 7) is 9.89. The molecule has 1 heterocycles. The molecular weight excluding hydrogens is 378 g/mol. The van der Waals surface area contributed by atoms with Gasteiger partial charge in [-0.2, -0.15) is 0 Å². The van der Waals surface area contributed by atoms with Gasteiger partial charge in [0.1, 0.15) is 8.07 Å². The zero-order valence-corrected chi connectivity index (χ0v) is 19.5. The minimum atomic E-state index is -1.91. The standard InChI is InChI=1S/C28H29NSi/c1-28(2)24-14-10-9-13-23(24)26(21-15-16-25-20(19-21)17-18-29(25)3)27(28)30(4,5)22-11-7-6-8-12-22/h6-19H,1-5H3. The van der Waals surface area contributed by atoms with Gasteiger partial charge in [-0.3, -0.25) is 0 Å². The number of hydrogen-bond donors (Lipinski definition) is 0. The zero-order valence-electron chi connectivity index (χ0n) is 18.5. The van der Waals surface area contributed by atoms with Crippen LogP contribution in [-0.2, 0) is 12.5 Å². The van der Waals surface area contributed by atoms with Gasteiger partial charge in [0.25, 0.3) is 0 Å². The second-order valence-electron chi connectivity index (χ2n) is 9.61. The van der Waals surface area contributed by atoms with Crippen LogP contribution in [-0.4, -0.2) is 12.6 Å². The number of aryl methyl sites for hydroxylation is 1. The maximum atomic E-state index is 2.52. The van der Waals surface area contributed by atoms with Gasteiger partial charge in [0, 0.05) is 29.6 Å². The van der Waals surface area contributed by atoms with Crippen LogP contribution in [0.4, 0.5) is 0 Å². The maximum absolute atomic E-state index is 2.52. The second-order valence-corrected chi connectivity index (χ2v) is 13.9. The Morgan fingerprint density at radius 3 is 2.27 bits per heavy atom. The summed E-state index contributed by atoms with van der Waals surface area (Å²) in [6, 6.07) is 29.4. The quantitative estimate of drug-likeness (QED) is 0.345. The molecule has 1 aliphatic rings. The van der Waals surface area contributed by atoms with E-state index in [9.17, 15) is 0 Å². The van der Waals surface area contributed by atoms with Crippen molar-refractivity contribution in [1.82, 2.24) is 4.57 Å². The van der Waals surface area contributed by atoms with E-state index in [0.29, 0.717) is 0 Å². The number of rotatable bonds is 3. The third kappa shape index (κ3) is 2.67. The van der Waals surface area contributed by atoms with Crippen LogP contribution in [0.15, 0.2) is 90.3 Å². The Morgan fingerprint density at radius 1 is 0.800 bits per heavy atom. The Hall–Kier alpha value is -2.84. The van der Waals surface area contributed by atoms with Crippen LogP contribution in [0.25, 0.3) is 16.5 Å². The lowest BCUT2D eigenvalue weighted by atomic mass is 9.87. The Bertz CT molecular complexity index is 1290. The minimum absolute atomic E-state index is 0.0170. The molecule has 2 heteroatoms. The highest BCUT2D eigenvalue weighted by Gasteiger charge is 2.46. The molecule has 3 aromatic carbocycles. The van der Waals surface area contributed by atoms with Crippen molar-refractivity contribution >= 4 is 29.7 Å². The molecule has 0 bridgehead atoms. The molecule has 150 valence electrons. The van der Waals surface area contributed by atoms with E-state index in [0.717, 1.165) is 0 Å². The zero-order chi connectivity index (χ0) is 21.1. The highest BCUT2D eigenvalue weighted by atomic mass is 28.3. The first-order valence-electron chi connectivity index (χ1n) is 10.8. The summed E-state index contributed by atoms with van der Waals surface area (Å²) in [4.78, 5) is 0. The first kappa shape index (κ1) is 19.1. The molecule has 0 N–H and O–H groups in total. The van der Waals surface area contributed by atoms with Crippen molar-refractivity contribution in [3.63, 3.8) is 0 Å². The van der Waals surface area contributed by atoms with Crippen LogP contribution >= 0.6 is 0 Å². The predicted octanol–water partition coefficient (Wildman–Crippen LogP) is 6.43. The summed E-state index contributed by atoms with van der Waals surface area (Å²) < 4.78 is 2.20. The topological polar surface area (TPSA) is 4.93 Å². The Balaban J connectivity index is 1.84. The van der Waals surface area contributed by atoms with Gasteiger partial charge < -0.3 is 4.57 Å². The molecule has 0 amide bonds. The Morgan fingerprint density at radius 2 is 1.50 bits per heavy atom. The Kier molecular flexibility index (Phi) is 4.20. The average Bonchev–Trinajstić information content (AvgIpc) is 3.23. The van der Waals surface area contributed by atoms with Gasteiger partial charge in [0.2, 0.25) is 0 Å². The van der Waals surface area contributed by atoms with Gasteiger partial charge in [-0.15, -0.1) is 0 Å². The molecule has 1 aromatic heterocycles. The van der Waals surface area contributed by atoms with Gasteiger partial charge in [-0.1, -0.05) is 98.0 Å². The van der Waals surface area contributed by atoms with Crippen molar-refractivity contribution in [3.8, 4) is 0 Å². The smallest absolute Gasteiger partial charge is 0.109 e. The fourth-order valence-corrected chi connectivity index (χ4v) is 9.57. The summed E-state index contributed by atoms with van der Waals surface area (Å²) in [7, 11) is 0.204. The molecule has 0 aliphatic heterocycles. The number of nitrogens with zero attached hydrogens (tertiary/aromatic N) is 1. The number of fused-ring (bicyclic) bond motifs is 2. The van der Waals surface area contributed by atoms with E-state index in [1.807, 2.05) is 0 Å². The summed E-state index contributed by atoms with van der Waals surface area (Å²) in [5.41, 5.74) is 6.97. The minimum Gasteiger partial charge on any atom is -0.351 e. The SMILES string of the molecule is Cn1ccc2cc(C3=C([Si](C)(C)c4ccccc4)C(C)(C)c4ccccc43)ccc21. The van der Waals surface area contributed by atoms with Crippen LogP contribution < -0.4 is 5.19 Å². The van der Waals surface area contributed by atoms with Crippen molar-refractivity contribution in [2.45, 2.75) is 32.4 Å². The molecule has 1 aliphatic carbocycles. The van der Waals surface area contributed by atoms with E-state index in [1.165, 1.54) is 38.4 Å². The number of benzene rings is 3. The second kappa shape index (κ2) is 6.58. The molecule has 0 saturated carbocycles. The van der Waals surface area contributed by atoms with E-state index >= 15 is 0 Å². The number of allylic oxidation sites excluding steroid dienone is 1. The van der Waals surface area contributed by atoms with E-state index < -0.39 is 8.07 Å². The maximum Gasteiger partial charge on any atom is 0.109 e. The van der Waals surface area contributed by atoms with Crippen LogP contribution in [0.2, 0.25) is 13.1 Å². The van der Waals surface area contributed by atoms with E-state index in [4.69, 9.17) is 0 Å². The van der Waals surface area contributed by atoms with Crippen LogP contribution in [0.5, 0.6) is 0 Å². The summed E-state index contributed by atoms with van der Waals surface area (Å²) in [5, 5.41) is 4.44. The highest BCUT2D eigenvalue weighted by molar-refractivity contribution is 6.97. The molecule has 0 unspecified atom stereocenters. The normalized spacial score (nSPS) is 15.6. The third-order valence-corrected chi connectivity index (χ3v) is 10.9. The van der Waals surface area contributed by atoms with Gasteiger partial charge in [-0.25, -0.2) is 0 Å². The van der Waals surface area contributed by atoms with E-state index in [1.54, 1.807) is 5.20 Å². The molecule has 0 saturated heterocycles. The molecule has 0 fully saturated rings. The molecule has 5 rings (SSSR count). The van der Waals surface area contributed by atoms with E-state index in [-0.39, 0.29) is 5.41 Å². The Labute approximate surface area is 180 Å². The first-order chi connectivity index (χ1) is 14.3. The first-order valence-corrected chi connectivity index (χ1v) is 13.8. The summed E-state index contributed by atoms with van der Waals surface area (Å²) in [5.74, 6) is 0. The molecule has 0 atom stereocenters. The average molecular weight is 408 g/mol. The molecule has 0 radical (unpaired) electrons. The number of aromatic nitrogens is 1. The van der Waals surface area contributed by atoms with Crippen molar-refractivity contribution in [2.24, 2.45) is 7.05 Å². The van der Waals surface area contributed by atoms with Crippen LogP contribution in [0.3, 0.4) is 0 Å². The monoisotopic (exact) mass is 407 g/mol. The summed E-state index contributed by atoms with van der Waals surface area (Å²) >= 11 is 0. The third-order valence-electron chi connectivity index (χ3n) is 7.04. The van der Waals surface area contributed by atoms with Gasteiger partial charge in [-0.05, 0) is 40.5 Å². The molecule has 0 spiro atoms. The predicted molar refractivity (Wildman–Crippen MR) is 132 cm³/mol. The van der Waals surface area contributed by atoms with Crippen LogP contribution in [0.1, 0.15) is 30.5 Å². The summed E-state index contributed by atoms with van der Waals surface area (Å²) in [6.07, 6.45) is 2.15. The van der Waals surface area contributed by atoms with Gasteiger partial charge >= 0.3 is 0 Å². The molecule has 4 aromatic rings. The fraction of sp³-hybridized carbons (Fsp3) is 0.214. The van der Waals surface area contributed by atoms with Crippen molar-refractivity contribution in [1.29, 1.82) is 0 Å². The number of hydrogen-bond acceptors (Lipinski definition) is 0. The van der Waals surface area contributed by atoms with Crippen molar-refractivity contribution in [2.75, 3.05) is 0 Å². The lowest BCUT2D eigenvalue weighted by molar-refractivity contribution is 0.663. The highest BCUT2D eigenvalue weighted by Crippen LogP contribution is 2.51. The molecule has 1 nitrogen and oxygen atoms in total. The largest absolute Gasteiger partial charge is 0.351 e. The van der Waals surface area contributed by atoms with Gasteiger partial charge in [0.15, 0.2) is 0 Å². The van der Waals surface area contributed by atoms with Gasteiger partial charge in [0.05, 0.1) is 0 Å².